The third-order valence-electron chi connectivity index (χ3n) is 4.49. The van der Waals surface area contributed by atoms with Crippen molar-refractivity contribution in [1.29, 1.82) is 0 Å². The summed E-state index contributed by atoms with van der Waals surface area (Å²) in [4.78, 5) is 15.5. The number of hydrogen-bond acceptors (Lipinski definition) is 5. The maximum Gasteiger partial charge on any atom is 0.223 e. The lowest BCUT2D eigenvalue weighted by Gasteiger charge is -2.32. The summed E-state index contributed by atoms with van der Waals surface area (Å²) in [5, 5.41) is 3.28. The second-order valence-corrected chi connectivity index (χ2v) is 7.39. The van der Waals surface area contributed by atoms with Crippen LogP contribution in [0.5, 0.6) is 11.5 Å². The Morgan fingerprint density at radius 3 is 2.88 bits per heavy atom. The maximum atomic E-state index is 12.4. The highest BCUT2D eigenvalue weighted by molar-refractivity contribution is 7.99. The van der Waals surface area contributed by atoms with Crippen molar-refractivity contribution in [2.24, 2.45) is 0 Å². The standard InChI is InChI=1S/C18H26N2O3S.ClH/c1-19-14-4-2-8-20(13-14)18(21)7-11-24-15-5-6-16-17(12-15)23-10-3-9-22-16;/h5-6,12,14,19H,2-4,7-11,13H2,1H3;1H. The fourth-order valence-corrected chi connectivity index (χ4v) is 3.95. The van der Waals surface area contributed by atoms with E-state index in [-0.39, 0.29) is 18.3 Å². The predicted molar refractivity (Wildman–Crippen MR) is 103 cm³/mol. The average Bonchev–Trinajstić information content (AvgIpc) is 2.86. The number of nitrogens with one attached hydrogen (secondary N) is 1. The lowest BCUT2D eigenvalue weighted by Crippen LogP contribution is -2.47. The van der Waals surface area contributed by atoms with E-state index in [2.05, 4.69) is 5.32 Å². The number of nitrogens with zero attached hydrogens (tertiary/aromatic N) is 1. The number of benzene rings is 1. The second kappa shape index (κ2) is 10.1. The quantitative estimate of drug-likeness (QED) is 0.788. The van der Waals surface area contributed by atoms with Crippen molar-refractivity contribution in [1.82, 2.24) is 10.2 Å². The van der Waals surface area contributed by atoms with Gasteiger partial charge in [0.15, 0.2) is 11.5 Å². The van der Waals surface area contributed by atoms with Crippen LogP contribution in [0.2, 0.25) is 0 Å². The van der Waals surface area contributed by atoms with Crippen molar-refractivity contribution in [3.8, 4) is 11.5 Å². The van der Waals surface area contributed by atoms with Crippen molar-refractivity contribution in [3.05, 3.63) is 18.2 Å². The number of carbonyl (C=O) groups excluding carboxylic acids is 1. The number of halogens is 1. The van der Waals surface area contributed by atoms with Crippen molar-refractivity contribution in [3.63, 3.8) is 0 Å². The number of thioether (sulfide) groups is 1. The molecule has 1 amide bonds. The van der Waals surface area contributed by atoms with Crippen LogP contribution in [0.4, 0.5) is 0 Å². The molecule has 1 fully saturated rings. The normalized spacial score (nSPS) is 19.7. The van der Waals surface area contributed by atoms with Crippen molar-refractivity contribution in [2.75, 3.05) is 39.1 Å². The molecule has 0 saturated carbocycles. The lowest BCUT2D eigenvalue weighted by molar-refractivity contribution is -0.132. The molecule has 1 unspecified atom stereocenters. The average molecular weight is 387 g/mol. The molecule has 1 N–H and O–H groups in total. The van der Waals surface area contributed by atoms with Gasteiger partial charge in [-0.3, -0.25) is 4.79 Å². The molecule has 25 heavy (non-hydrogen) atoms. The minimum absolute atomic E-state index is 0. The zero-order valence-electron chi connectivity index (χ0n) is 14.7. The van der Waals surface area contributed by atoms with Crippen LogP contribution in [0.1, 0.15) is 25.7 Å². The highest BCUT2D eigenvalue weighted by atomic mass is 35.5. The van der Waals surface area contributed by atoms with E-state index >= 15 is 0 Å². The van der Waals surface area contributed by atoms with E-state index in [0.29, 0.717) is 25.7 Å². The van der Waals surface area contributed by atoms with Crippen LogP contribution < -0.4 is 14.8 Å². The zero-order chi connectivity index (χ0) is 16.8. The molecule has 7 heteroatoms. The Balaban J connectivity index is 0.00000225. The predicted octanol–water partition coefficient (Wildman–Crippen LogP) is 2.96. The number of piperidine rings is 1. The Hall–Kier alpha value is -1.11. The highest BCUT2D eigenvalue weighted by Crippen LogP contribution is 2.34. The molecule has 0 spiro atoms. The van der Waals surface area contributed by atoms with Gasteiger partial charge in [-0.05, 0) is 38.1 Å². The Labute approximate surface area is 160 Å². The van der Waals surface area contributed by atoms with Crippen LogP contribution >= 0.6 is 24.2 Å². The number of amides is 1. The van der Waals surface area contributed by atoms with Gasteiger partial charge in [0.05, 0.1) is 13.2 Å². The Kier molecular flexibility index (Phi) is 8.19. The van der Waals surface area contributed by atoms with Crippen LogP contribution in [0, 0.1) is 0 Å². The summed E-state index contributed by atoms with van der Waals surface area (Å²) >= 11 is 1.70. The number of carbonyl (C=O) groups is 1. The molecule has 1 aromatic carbocycles. The first-order valence-corrected chi connectivity index (χ1v) is 9.72. The third kappa shape index (κ3) is 5.69. The fraction of sp³-hybridized carbons (Fsp3) is 0.611. The molecular formula is C18H27ClN2O3S. The summed E-state index contributed by atoms with van der Waals surface area (Å²) in [6.45, 7) is 3.13. The Morgan fingerprint density at radius 1 is 1.28 bits per heavy atom. The van der Waals surface area contributed by atoms with Gasteiger partial charge < -0.3 is 19.7 Å². The van der Waals surface area contributed by atoms with Crippen LogP contribution in [0.25, 0.3) is 0 Å². The monoisotopic (exact) mass is 386 g/mol. The minimum Gasteiger partial charge on any atom is -0.490 e. The van der Waals surface area contributed by atoms with E-state index in [1.807, 2.05) is 30.1 Å². The van der Waals surface area contributed by atoms with Crippen LogP contribution in [-0.2, 0) is 4.79 Å². The first-order valence-electron chi connectivity index (χ1n) is 8.74. The van der Waals surface area contributed by atoms with Gasteiger partial charge in [0.25, 0.3) is 0 Å². The van der Waals surface area contributed by atoms with Crippen LogP contribution in [0.3, 0.4) is 0 Å². The van der Waals surface area contributed by atoms with E-state index in [4.69, 9.17) is 9.47 Å². The van der Waals surface area contributed by atoms with Crippen LogP contribution in [0.15, 0.2) is 23.1 Å². The van der Waals surface area contributed by atoms with Gasteiger partial charge in [0, 0.05) is 42.6 Å². The Bertz CT molecular complexity index is 573. The van der Waals surface area contributed by atoms with Gasteiger partial charge in [-0.15, -0.1) is 24.2 Å². The number of hydrogen-bond donors (Lipinski definition) is 1. The largest absolute Gasteiger partial charge is 0.490 e. The molecular weight excluding hydrogens is 360 g/mol. The minimum atomic E-state index is 0. The van der Waals surface area contributed by atoms with Gasteiger partial charge in [-0.25, -0.2) is 0 Å². The smallest absolute Gasteiger partial charge is 0.223 e. The summed E-state index contributed by atoms with van der Waals surface area (Å²) in [6.07, 6.45) is 3.74. The first-order chi connectivity index (χ1) is 11.8. The molecule has 0 bridgehead atoms. The number of likely N-dealkylation sites (tertiary alicyclic amines) is 1. The molecule has 1 saturated heterocycles. The number of rotatable bonds is 5. The molecule has 3 rings (SSSR count). The first kappa shape index (κ1) is 20.2. The van der Waals surface area contributed by atoms with Crippen molar-refractivity contribution >= 4 is 30.1 Å². The lowest BCUT2D eigenvalue weighted by atomic mass is 10.1. The number of likely N-dealkylation sites (N-methyl/N-ethyl adjacent to an activating group) is 1. The summed E-state index contributed by atoms with van der Waals surface area (Å²) in [5.41, 5.74) is 0. The molecule has 2 aliphatic heterocycles. The SMILES string of the molecule is CNC1CCCN(C(=O)CCSc2ccc3c(c2)OCCCO3)C1.Cl. The van der Waals surface area contributed by atoms with Gasteiger partial charge in [0.2, 0.25) is 5.91 Å². The molecule has 0 radical (unpaired) electrons. The number of fused-ring (bicyclic) bond motifs is 1. The molecule has 1 atom stereocenters. The topological polar surface area (TPSA) is 50.8 Å². The summed E-state index contributed by atoms with van der Waals surface area (Å²) < 4.78 is 11.4. The second-order valence-electron chi connectivity index (χ2n) is 6.23. The molecule has 2 aliphatic rings. The maximum absolute atomic E-state index is 12.4. The summed E-state index contributed by atoms with van der Waals surface area (Å²) in [6, 6.07) is 6.47. The molecule has 5 nitrogen and oxygen atoms in total. The molecule has 140 valence electrons. The molecule has 1 aromatic rings. The van der Waals surface area contributed by atoms with E-state index < -0.39 is 0 Å². The molecule has 0 aromatic heterocycles. The fourth-order valence-electron chi connectivity index (χ4n) is 3.09. The van der Waals surface area contributed by atoms with Gasteiger partial charge in [0.1, 0.15) is 0 Å². The summed E-state index contributed by atoms with van der Waals surface area (Å²) in [7, 11) is 1.97. The zero-order valence-corrected chi connectivity index (χ0v) is 16.3. The van der Waals surface area contributed by atoms with Gasteiger partial charge in [-0.2, -0.15) is 0 Å². The Morgan fingerprint density at radius 2 is 2.08 bits per heavy atom. The van der Waals surface area contributed by atoms with E-state index in [9.17, 15) is 4.79 Å². The van der Waals surface area contributed by atoms with E-state index in [1.165, 1.54) is 0 Å². The van der Waals surface area contributed by atoms with Gasteiger partial charge >= 0.3 is 0 Å². The van der Waals surface area contributed by atoms with Crippen molar-refractivity contribution < 1.29 is 14.3 Å². The van der Waals surface area contributed by atoms with Crippen molar-refractivity contribution in [2.45, 2.75) is 36.6 Å². The summed E-state index contributed by atoms with van der Waals surface area (Å²) in [5.74, 6) is 2.69. The highest BCUT2D eigenvalue weighted by Gasteiger charge is 2.22. The molecule has 0 aliphatic carbocycles. The van der Waals surface area contributed by atoms with Gasteiger partial charge in [-0.1, -0.05) is 0 Å². The molecule has 2 heterocycles. The van der Waals surface area contributed by atoms with E-state index in [1.54, 1.807) is 11.8 Å². The van der Waals surface area contributed by atoms with Crippen LogP contribution in [-0.4, -0.2) is 56.0 Å². The van der Waals surface area contributed by atoms with E-state index in [0.717, 1.165) is 54.5 Å². The number of ether oxygens (including phenoxy) is 2. The third-order valence-corrected chi connectivity index (χ3v) is 5.48.